The lowest BCUT2D eigenvalue weighted by Gasteiger charge is -2.28. The van der Waals surface area contributed by atoms with Gasteiger partial charge >= 0.3 is 5.97 Å². The van der Waals surface area contributed by atoms with E-state index in [-0.39, 0.29) is 35.2 Å². The molecule has 1 aliphatic heterocycles. The van der Waals surface area contributed by atoms with E-state index in [1.807, 2.05) is 26.8 Å². The maximum absolute atomic E-state index is 13.6. The number of allylic oxidation sites excluding steroid dienone is 8. The Bertz CT molecular complexity index is 1010. The number of Topliss-reactive ketones (excluding diaryl/α,β-unsaturated/α-hetero) is 2. The first-order valence-corrected chi connectivity index (χ1v) is 11.9. The van der Waals surface area contributed by atoms with E-state index in [0.29, 0.717) is 12.0 Å². The van der Waals surface area contributed by atoms with Crippen molar-refractivity contribution in [3.63, 3.8) is 0 Å². The summed E-state index contributed by atoms with van der Waals surface area (Å²) in [6.07, 6.45) is 12.0. The van der Waals surface area contributed by atoms with Gasteiger partial charge in [0.15, 0.2) is 11.5 Å². The van der Waals surface area contributed by atoms with Gasteiger partial charge in [-0.2, -0.15) is 0 Å². The number of hydrogen-bond acceptors (Lipinski definition) is 5. The summed E-state index contributed by atoms with van der Waals surface area (Å²) in [5, 5.41) is 0. The lowest BCUT2D eigenvalue weighted by atomic mass is 9.77. The van der Waals surface area contributed by atoms with Crippen LogP contribution in [0.4, 0.5) is 0 Å². The van der Waals surface area contributed by atoms with Crippen molar-refractivity contribution in [1.82, 2.24) is 0 Å². The van der Waals surface area contributed by atoms with Gasteiger partial charge in [-0.15, -0.1) is 0 Å². The van der Waals surface area contributed by atoms with E-state index in [2.05, 4.69) is 26.0 Å². The lowest BCUT2D eigenvalue weighted by Crippen LogP contribution is -2.32. The molecule has 0 radical (unpaired) electrons. The van der Waals surface area contributed by atoms with Gasteiger partial charge in [0.2, 0.25) is 11.6 Å². The molecule has 0 aromatic heterocycles. The molecule has 33 heavy (non-hydrogen) atoms. The van der Waals surface area contributed by atoms with Gasteiger partial charge in [0.25, 0.3) is 0 Å². The summed E-state index contributed by atoms with van der Waals surface area (Å²) in [6, 6.07) is 0. The molecule has 0 spiro atoms. The van der Waals surface area contributed by atoms with Gasteiger partial charge in [0, 0.05) is 12.8 Å². The maximum Gasteiger partial charge on any atom is 0.308 e. The Labute approximate surface area is 197 Å². The number of rotatable bonds is 1. The third-order valence-electron chi connectivity index (χ3n) is 6.79. The van der Waals surface area contributed by atoms with Crippen LogP contribution < -0.4 is 0 Å². The normalized spacial score (nSPS) is 29.3. The number of ether oxygens (including phenoxy) is 2. The number of carbonyl (C=O) groups is 3. The predicted molar refractivity (Wildman–Crippen MR) is 128 cm³/mol. The fourth-order valence-electron chi connectivity index (χ4n) is 4.80. The zero-order valence-corrected chi connectivity index (χ0v) is 20.8. The van der Waals surface area contributed by atoms with E-state index in [0.717, 1.165) is 37.7 Å². The fourth-order valence-corrected chi connectivity index (χ4v) is 4.80. The van der Waals surface area contributed by atoms with Gasteiger partial charge in [0.05, 0.1) is 11.1 Å². The molecule has 1 heterocycles. The van der Waals surface area contributed by atoms with Crippen LogP contribution in [-0.2, 0) is 23.9 Å². The average Bonchev–Trinajstić information content (AvgIpc) is 2.99. The molecular weight excluding hydrogens is 416 g/mol. The first kappa shape index (κ1) is 24.9. The molecule has 0 saturated carbocycles. The summed E-state index contributed by atoms with van der Waals surface area (Å²) in [7, 11) is 0. The highest BCUT2D eigenvalue weighted by atomic mass is 16.5. The first-order valence-electron chi connectivity index (χ1n) is 11.9. The Morgan fingerprint density at radius 1 is 0.939 bits per heavy atom. The minimum Gasteiger partial charge on any atom is -0.483 e. The summed E-state index contributed by atoms with van der Waals surface area (Å²) >= 11 is 0. The zero-order valence-electron chi connectivity index (χ0n) is 20.8. The van der Waals surface area contributed by atoms with Gasteiger partial charge in [-0.05, 0) is 79.6 Å². The molecule has 178 valence electrons. The van der Waals surface area contributed by atoms with E-state index >= 15 is 0 Å². The van der Waals surface area contributed by atoms with Crippen molar-refractivity contribution in [2.75, 3.05) is 0 Å². The molecule has 3 aliphatic carbocycles. The highest BCUT2D eigenvalue weighted by Gasteiger charge is 2.51. The standard InChI is InChI=1S/C28H36O5/c1-17-9-7-11-18(2)13-15-21-24(30)27-23(25(31)26(21)32-20(4)29)22(28(5,6)33-27)16-14-19(3)12-8-10-17/h9,12-13,22H,7-8,10-11,14-16H2,1-6H3/b17-9+,18-13+,19-12+. The average molecular weight is 453 g/mol. The third-order valence-corrected chi connectivity index (χ3v) is 6.79. The van der Waals surface area contributed by atoms with Crippen LogP contribution in [0.15, 0.2) is 57.6 Å². The number of ketones is 2. The number of fused-ring (bicyclic) bond motifs is 10. The molecule has 0 aromatic rings. The van der Waals surface area contributed by atoms with Crippen LogP contribution in [0.3, 0.4) is 0 Å². The second-order valence-corrected chi connectivity index (χ2v) is 10.0. The topological polar surface area (TPSA) is 69.7 Å². The number of esters is 1. The van der Waals surface area contributed by atoms with Crippen LogP contribution in [0.5, 0.6) is 0 Å². The highest BCUT2D eigenvalue weighted by molar-refractivity contribution is 6.24. The molecule has 0 saturated heterocycles. The Kier molecular flexibility index (Phi) is 7.61. The number of hydrogen-bond donors (Lipinski definition) is 0. The molecule has 4 bridgehead atoms. The van der Waals surface area contributed by atoms with E-state index in [9.17, 15) is 14.4 Å². The Hall–Kier alpha value is -2.69. The van der Waals surface area contributed by atoms with Crippen LogP contribution in [0.1, 0.15) is 86.5 Å². The van der Waals surface area contributed by atoms with Crippen molar-refractivity contribution in [3.05, 3.63) is 57.6 Å². The first-order chi connectivity index (χ1) is 15.5. The fraction of sp³-hybridized carbons (Fsp3) is 0.536. The maximum atomic E-state index is 13.6. The molecule has 1 unspecified atom stereocenters. The van der Waals surface area contributed by atoms with Crippen molar-refractivity contribution in [3.8, 4) is 0 Å². The van der Waals surface area contributed by atoms with Gasteiger partial charge in [0.1, 0.15) is 5.60 Å². The Balaban J connectivity index is 2.06. The van der Waals surface area contributed by atoms with E-state index < -0.39 is 17.4 Å². The second-order valence-electron chi connectivity index (χ2n) is 10.0. The minimum absolute atomic E-state index is 0.133. The van der Waals surface area contributed by atoms with Gasteiger partial charge in [-0.1, -0.05) is 34.9 Å². The van der Waals surface area contributed by atoms with Crippen molar-refractivity contribution >= 4 is 17.5 Å². The van der Waals surface area contributed by atoms with E-state index in [1.54, 1.807) is 0 Å². The molecule has 0 N–H and O–H groups in total. The van der Waals surface area contributed by atoms with Crippen LogP contribution in [-0.4, -0.2) is 23.1 Å². The molecule has 1 atom stereocenters. The summed E-state index contributed by atoms with van der Waals surface area (Å²) in [6.45, 7) is 11.4. The van der Waals surface area contributed by atoms with Crippen molar-refractivity contribution in [1.29, 1.82) is 0 Å². The molecule has 4 aliphatic rings. The summed E-state index contributed by atoms with van der Waals surface area (Å²) in [5.41, 5.74) is 3.63. The molecule has 5 nitrogen and oxygen atoms in total. The van der Waals surface area contributed by atoms with Crippen LogP contribution >= 0.6 is 0 Å². The van der Waals surface area contributed by atoms with Crippen LogP contribution in [0.2, 0.25) is 0 Å². The largest absolute Gasteiger partial charge is 0.483 e. The summed E-state index contributed by atoms with van der Waals surface area (Å²) in [4.78, 5) is 38.8. The van der Waals surface area contributed by atoms with Gasteiger partial charge in [-0.25, -0.2) is 0 Å². The highest BCUT2D eigenvalue weighted by Crippen LogP contribution is 2.47. The summed E-state index contributed by atoms with van der Waals surface area (Å²) < 4.78 is 11.5. The van der Waals surface area contributed by atoms with Crippen molar-refractivity contribution < 1.29 is 23.9 Å². The molecule has 4 rings (SSSR count). The molecule has 0 fully saturated rings. The van der Waals surface area contributed by atoms with E-state index in [1.165, 1.54) is 18.1 Å². The quantitative estimate of drug-likeness (QED) is 0.268. The zero-order chi connectivity index (χ0) is 24.3. The molecule has 5 heteroatoms. The summed E-state index contributed by atoms with van der Waals surface area (Å²) in [5.74, 6) is -1.59. The van der Waals surface area contributed by atoms with Crippen LogP contribution in [0.25, 0.3) is 0 Å². The van der Waals surface area contributed by atoms with E-state index in [4.69, 9.17) is 9.47 Å². The molecule has 0 amide bonds. The lowest BCUT2D eigenvalue weighted by molar-refractivity contribution is -0.140. The Morgan fingerprint density at radius 2 is 1.52 bits per heavy atom. The molecular formula is C28H36O5. The number of carbonyl (C=O) groups excluding carboxylic acids is 3. The smallest absolute Gasteiger partial charge is 0.308 e. The SMILES string of the molecule is CC(=O)OC1=C2C/C=C(\C)CC/C=C(\C)CC/C=C(\C)CCC3C(=C(OC3(C)C)C2=O)C1=O. The van der Waals surface area contributed by atoms with Crippen molar-refractivity contribution in [2.45, 2.75) is 92.1 Å². The van der Waals surface area contributed by atoms with Crippen molar-refractivity contribution in [2.24, 2.45) is 5.92 Å². The van der Waals surface area contributed by atoms with Gasteiger partial charge in [-0.3, -0.25) is 14.4 Å². The van der Waals surface area contributed by atoms with Gasteiger partial charge < -0.3 is 9.47 Å². The Morgan fingerprint density at radius 3 is 2.12 bits per heavy atom. The van der Waals surface area contributed by atoms with Crippen LogP contribution in [0, 0.1) is 5.92 Å². The molecule has 0 aromatic carbocycles. The minimum atomic E-state index is -0.693. The second kappa shape index (κ2) is 10.1. The predicted octanol–water partition coefficient (Wildman–Crippen LogP) is 6.22. The monoisotopic (exact) mass is 452 g/mol. The third kappa shape index (κ3) is 5.63.